The van der Waals surface area contributed by atoms with Gasteiger partial charge in [0.2, 0.25) is 0 Å². The molecule has 2 rings (SSSR count). The summed E-state index contributed by atoms with van der Waals surface area (Å²) in [5.41, 5.74) is 0.467. The highest BCUT2D eigenvalue weighted by atomic mass is 32.1. The van der Waals surface area contributed by atoms with E-state index in [1.54, 1.807) is 13.0 Å². The van der Waals surface area contributed by atoms with Crippen LogP contribution in [0.3, 0.4) is 0 Å². The standard InChI is InChI=1S/C14H15N3O5S/c1-7-4-10(14(21)22-3)12(23-7)16-11(18)9-5-15-17(6-9)8(2)13(19)20/h4-6,8H,1-3H3,(H,16,18)(H,19,20). The lowest BCUT2D eigenvalue weighted by molar-refractivity contribution is -0.140. The van der Waals surface area contributed by atoms with Crippen LogP contribution in [-0.2, 0) is 9.53 Å². The number of rotatable bonds is 5. The summed E-state index contributed by atoms with van der Waals surface area (Å²) in [6, 6.07) is 0.744. The number of nitrogens with one attached hydrogen (secondary N) is 1. The summed E-state index contributed by atoms with van der Waals surface area (Å²) < 4.78 is 5.85. The van der Waals surface area contributed by atoms with Crippen LogP contribution in [0, 0.1) is 6.92 Å². The third-order valence-corrected chi connectivity index (χ3v) is 4.07. The largest absolute Gasteiger partial charge is 0.480 e. The number of carbonyl (C=O) groups excluding carboxylic acids is 2. The Hall–Kier alpha value is -2.68. The van der Waals surface area contributed by atoms with Crippen molar-refractivity contribution >= 4 is 34.2 Å². The Balaban J connectivity index is 2.20. The molecule has 0 bridgehead atoms. The number of hydrogen-bond acceptors (Lipinski definition) is 6. The number of carboxylic acid groups (broad SMARTS) is 1. The average Bonchev–Trinajstić information content (AvgIpc) is 3.12. The number of carboxylic acids is 1. The predicted molar refractivity (Wildman–Crippen MR) is 82.9 cm³/mol. The van der Waals surface area contributed by atoms with Crippen LogP contribution in [-0.4, -0.2) is 39.8 Å². The fourth-order valence-corrected chi connectivity index (χ4v) is 2.72. The molecule has 0 saturated carbocycles. The number of esters is 1. The molecule has 122 valence electrons. The zero-order chi connectivity index (χ0) is 17.1. The van der Waals surface area contributed by atoms with E-state index in [1.165, 1.54) is 42.4 Å². The van der Waals surface area contributed by atoms with E-state index in [4.69, 9.17) is 5.11 Å². The van der Waals surface area contributed by atoms with Gasteiger partial charge in [0.05, 0.1) is 24.4 Å². The molecule has 0 radical (unpaired) electrons. The molecule has 2 aromatic heterocycles. The van der Waals surface area contributed by atoms with E-state index >= 15 is 0 Å². The van der Waals surface area contributed by atoms with Gasteiger partial charge in [-0.1, -0.05) is 0 Å². The maximum Gasteiger partial charge on any atom is 0.340 e. The smallest absolute Gasteiger partial charge is 0.340 e. The SMILES string of the molecule is COC(=O)c1cc(C)sc1NC(=O)c1cnn(C(C)C(=O)O)c1. The molecule has 9 heteroatoms. The van der Waals surface area contributed by atoms with Gasteiger partial charge in [0, 0.05) is 11.1 Å². The molecule has 0 spiro atoms. The Morgan fingerprint density at radius 3 is 2.74 bits per heavy atom. The molecule has 0 aliphatic carbocycles. The zero-order valence-electron chi connectivity index (χ0n) is 12.7. The lowest BCUT2D eigenvalue weighted by Gasteiger charge is -2.05. The van der Waals surface area contributed by atoms with Gasteiger partial charge >= 0.3 is 11.9 Å². The second-order valence-electron chi connectivity index (χ2n) is 4.77. The minimum absolute atomic E-state index is 0.194. The number of anilines is 1. The molecular formula is C14H15N3O5S. The molecule has 8 nitrogen and oxygen atoms in total. The van der Waals surface area contributed by atoms with Gasteiger partial charge in [-0.05, 0) is 19.9 Å². The third kappa shape index (κ3) is 3.57. The van der Waals surface area contributed by atoms with Crippen LogP contribution < -0.4 is 5.32 Å². The second-order valence-corrected chi connectivity index (χ2v) is 6.03. The number of methoxy groups -OCH3 is 1. The summed E-state index contributed by atoms with van der Waals surface area (Å²) in [5.74, 6) is -2.08. The fourth-order valence-electron chi connectivity index (χ4n) is 1.82. The summed E-state index contributed by atoms with van der Waals surface area (Å²) in [6.45, 7) is 3.26. The zero-order valence-corrected chi connectivity index (χ0v) is 13.5. The number of ether oxygens (including phenoxy) is 1. The number of hydrogen-bond donors (Lipinski definition) is 2. The monoisotopic (exact) mass is 337 g/mol. The molecule has 0 aliphatic heterocycles. The number of aromatic nitrogens is 2. The summed E-state index contributed by atoms with van der Waals surface area (Å²) in [4.78, 5) is 35.7. The van der Waals surface area contributed by atoms with Crippen molar-refractivity contribution in [2.75, 3.05) is 12.4 Å². The van der Waals surface area contributed by atoms with Crippen molar-refractivity contribution in [2.24, 2.45) is 0 Å². The van der Waals surface area contributed by atoms with Crippen molar-refractivity contribution in [3.8, 4) is 0 Å². The molecule has 0 aromatic carbocycles. The lowest BCUT2D eigenvalue weighted by atomic mass is 10.3. The summed E-state index contributed by atoms with van der Waals surface area (Å²) in [5, 5.41) is 15.8. The molecule has 0 saturated heterocycles. The molecule has 2 heterocycles. The topological polar surface area (TPSA) is 111 Å². The summed E-state index contributed by atoms with van der Waals surface area (Å²) in [6.07, 6.45) is 2.61. The van der Waals surface area contributed by atoms with Crippen LogP contribution in [0.2, 0.25) is 0 Å². The van der Waals surface area contributed by atoms with Gasteiger partial charge in [0.15, 0.2) is 0 Å². The van der Waals surface area contributed by atoms with Gasteiger partial charge in [0.25, 0.3) is 5.91 Å². The Morgan fingerprint density at radius 1 is 1.43 bits per heavy atom. The van der Waals surface area contributed by atoms with E-state index in [1.807, 2.05) is 0 Å². The Kier molecular flexibility index (Phi) is 4.80. The molecular weight excluding hydrogens is 322 g/mol. The maximum atomic E-state index is 12.2. The van der Waals surface area contributed by atoms with Crippen LogP contribution in [0.5, 0.6) is 0 Å². The minimum atomic E-state index is -1.05. The first-order chi connectivity index (χ1) is 10.8. The van der Waals surface area contributed by atoms with E-state index in [9.17, 15) is 14.4 Å². The average molecular weight is 337 g/mol. The minimum Gasteiger partial charge on any atom is -0.480 e. The molecule has 1 unspecified atom stereocenters. The van der Waals surface area contributed by atoms with Gasteiger partial charge in [-0.25, -0.2) is 9.59 Å². The predicted octanol–water partition coefficient (Wildman–Crippen LogP) is 1.94. The molecule has 1 atom stereocenters. The normalized spacial score (nSPS) is 11.8. The van der Waals surface area contributed by atoms with Gasteiger partial charge in [-0.2, -0.15) is 5.10 Å². The van der Waals surface area contributed by atoms with Crippen LogP contribution in [0.15, 0.2) is 18.5 Å². The van der Waals surface area contributed by atoms with Crippen molar-refractivity contribution in [1.82, 2.24) is 9.78 Å². The fraction of sp³-hybridized carbons (Fsp3) is 0.286. The van der Waals surface area contributed by atoms with Crippen molar-refractivity contribution < 1.29 is 24.2 Å². The van der Waals surface area contributed by atoms with Crippen molar-refractivity contribution in [1.29, 1.82) is 0 Å². The van der Waals surface area contributed by atoms with Crippen molar-refractivity contribution in [3.05, 3.63) is 34.5 Å². The molecule has 2 N–H and O–H groups in total. The number of aliphatic carboxylic acids is 1. The lowest BCUT2D eigenvalue weighted by Crippen LogP contribution is -2.16. The number of thiophene rings is 1. The first-order valence-electron chi connectivity index (χ1n) is 6.60. The number of aryl methyl sites for hydroxylation is 1. The van der Waals surface area contributed by atoms with Gasteiger partial charge in [0.1, 0.15) is 11.0 Å². The number of amides is 1. The van der Waals surface area contributed by atoms with Crippen molar-refractivity contribution in [3.63, 3.8) is 0 Å². The highest BCUT2D eigenvalue weighted by Gasteiger charge is 2.20. The van der Waals surface area contributed by atoms with E-state index in [0.29, 0.717) is 5.00 Å². The molecule has 23 heavy (non-hydrogen) atoms. The van der Waals surface area contributed by atoms with Gasteiger partial charge in [-0.15, -0.1) is 11.3 Å². The van der Waals surface area contributed by atoms with E-state index in [0.717, 1.165) is 4.88 Å². The molecule has 1 amide bonds. The highest BCUT2D eigenvalue weighted by Crippen LogP contribution is 2.28. The van der Waals surface area contributed by atoms with Crippen molar-refractivity contribution in [2.45, 2.75) is 19.9 Å². The van der Waals surface area contributed by atoms with Crippen LogP contribution in [0.4, 0.5) is 5.00 Å². The molecule has 2 aromatic rings. The highest BCUT2D eigenvalue weighted by molar-refractivity contribution is 7.16. The summed E-state index contributed by atoms with van der Waals surface area (Å²) in [7, 11) is 1.26. The van der Waals surface area contributed by atoms with E-state index in [2.05, 4.69) is 15.2 Å². The number of carbonyl (C=O) groups is 3. The molecule has 0 fully saturated rings. The van der Waals surface area contributed by atoms with Crippen LogP contribution in [0.1, 0.15) is 38.6 Å². The first kappa shape index (κ1) is 16.7. The maximum absolute atomic E-state index is 12.2. The van der Waals surface area contributed by atoms with Crippen LogP contribution >= 0.6 is 11.3 Å². The molecule has 0 aliphatic rings. The number of nitrogens with zero attached hydrogens (tertiary/aromatic N) is 2. The Morgan fingerprint density at radius 2 is 2.13 bits per heavy atom. The third-order valence-electron chi connectivity index (χ3n) is 3.11. The van der Waals surface area contributed by atoms with Gasteiger partial charge < -0.3 is 15.2 Å². The van der Waals surface area contributed by atoms with Crippen LogP contribution in [0.25, 0.3) is 0 Å². The van der Waals surface area contributed by atoms with Gasteiger partial charge in [-0.3, -0.25) is 9.48 Å². The Labute approximate surface area is 135 Å². The second kappa shape index (κ2) is 6.61. The van der Waals surface area contributed by atoms with E-state index in [-0.39, 0.29) is 11.1 Å². The summed E-state index contributed by atoms with van der Waals surface area (Å²) >= 11 is 1.24. The van der Waals surface area contributed by atoms with E-state index < -0.39 is 23.9 Å². The quantitative estimate of drug-likeness (QED) is 0.807. The Bertz CT molecular complexity index is 764. The first-order valence-corrected chi connectivity index (χ1v) is 7.42.